The van der Waals surface area contributed by atoms with Gasteiger partial charge in [-0.2, -0.15) is 21.6 Å². The van der Waals surface area contributed by atoms with Crippen molar-refractivity contribution in [2.24, 2.45) is 4.99 Å². The van der Waals surface area contributed by atoms with Gasteiger partial charge in [0.15, 0.2) is 0 Å². The highest BCUT2D eigenvalue weighted by Crippen LogP contribution is 2.45. The Labute approximate surface area is 133 Å². The molecular formula is C15H18F3NO3S. The number of unbranched alkanes of at least 4 members (excludes halogenated alkanes) is 1. The van der Waals surface area contributed by atoms with E-state index in [2.05, 4.69) is 4.99 Å². The van der Waals surface area contributed by atoms with Gasteiger partial charge in [0.05, 0.1) is 17.0 Å². The van der Waals surface area contributed by atoms with E-state index in [0.29, 0.717) is 24.2 Å². The molecular weight excluding hydrogens is 331 g/mol. The van der Waals surface area contributed by atoms with Crippen molar-refractivity contribution in [2.45, 2.75) is 44.7 Å². The number of benzene rings is 1. The van der Waals surface area contributed by atoms with E-state index in [1.165, 1.54) is 6.07 Å². The predicted molar refractivity (Wildman–Crippen MR) is 81.8 cm³/mol. The van der Waals surface area contributed by atoms with E-state index in [-0.39, 0.29) is 12.2 Å². The van der Waals surface area contributed by atoms with E-state index in [4.69, 9.17) is 4.55 Å². The molecule has 2 rings (SSSR count). The highest BCUT2D eigenvalue weighted by Gasteiger charge is 2.38. The first-order chi connectivity index (χ1) is 10.4. The molecule has 1 unspecified atom stereocenters. The number of rotatable bonds is 5. The molecule has 128 valence electrons. The van der Waals surface area contributed by atoms with Gasteiger partial charge >= 0.3 is 6.18 Å². The molecule has 0 amide bonds. The molecule has 1 aromatic rings. The third kappa shape index (κ3) is 3.92. The lowest BCUT2D eigenvalue weighted by atomic mass is 9.76. The van der Waals surface area contributed by atoms with Crippen LogP contribution in [-0.2, 0) is 21.7 Å². The van der Waals surface area contributed by atoms with Crippen LogP contribution in [0.4, 0.5) is 18.9 Å². The van der Waals surface area contributed by atoms with Crippen LogP contribution >= 0.6 is 0 Å². The largest absolute Gasteiger partial charge is 0.416 e. The second-order valence-corrected chi connectivity index (χ2v) is 7.57. The van der Waals surface area contributed by atoms with Crippen LogP contribution < -0.4 is 0 Å². The van der Waals surface area contributed by atoms with Crippen LogP contribution in [0.3, 0.4) is 0 Å². The Morgan fingerprint density at radius 3 is 2.48 bits per heavy atom. The Morgan fingerprint density at radius 1 is 1.26 bits per heavy atom. The number of hydrogen-bond donors (Lipinski definition) is 1. The van der Waals surface area contributed by atoms with Crippen LogP contribution in [0.25, 0.3) is 0 Å². The van der Waals surface area contributed by atoms with Gasteiger partial charge in [0.2, 0.25) is 0 Å². The summed E-state index contributed by atoms with van der Waals surface area (Å²) in [6.07, 6.45) is -3.05. The minimum absolute atomic E-state index is 0.289. The zero-order chi connectivity index (χ0) is 17.5. The Morgan fingerprint density at radius 2 is 1.91 bits per heavy atom. The third-order valence-electron chi connectivity index (χ3n) is 4.34. The standard InChI is InChI=1S/C15H18F3NO3S/c1-10-14(2,7-3-4-8-23(20,21)22)12-6-5-11(15(16,17)18)9-13(12)19-10/h5-6,9H,3-4,7-8H2,1-2H3,(H,20,21,22). The molecule has 0 fully saturated rings. The lowest BCUT2D eigenvalue weighted by Gasteiger charge is -2.26. The van der Waals surface area contributed by atoms with Crippen molar-refractivity contribution >= 4 is 21.5 Å². The third-order valence-corrected chi connectivity index (χ3v) is 5.14. The number of fused-ring (bicyclic) bond motifs is 1. The second kappa shape index (κ2) is 5.90. The topological polar surface area (TPSA) is 66.7 Å². The molecule has 0 saturated carbocycles. The molecule has 1 atom stereocenters. The SMILES string of the molecule is CC1=Nc2cc(C(F)(F)F)ccc2C1(C)CCCCS(=O)(=O)O. The van der Waals surface area contributed by atoms with Crippen LogP contribution in [0.1, 0.15) is 44.2 Å². The van der Waals surface area contributed by atoms with E-state index < -0.39 is 27.3 Å². The van der Waals surface area contributed by atoms with Crippen molar-refractivity contribution in [3.05, 3.63) is 29.3 Å². The van der Waals surface area contributed by atoms with E-state index in [9.17, 15) is 21.6 Å². The van der Waals surface area contributed by atoms with Crippen molar-refractivity contribution < 1.29 is 26.1 Å². The number of nitrogens with zero attached hydrogens (tertiary/aromatic N) is 1. The molecule has 0 aromatic heterocycles. The Bertz CT molecular complexity index is 741. The maximum atomic E-state index is 12.8. The summed E-state index contributed by atoms with van der Waals surface area (Å²) in [6, 6.07) is 3.53. The first-order valence-electron chi connectivity index (χ1n) is 7.16. The van der Waals surface area contributed by atoms with Crippen molar-refractivity contribution in [2.75, 3.05) is 5.75 Å². The molecule has 1 aromatic carbocycles. The molecule has 0 saturated heterocycles. The molecule has 0 radical (unpaired) electrons. The Hall–Kier alpha value is -1.41. The molecule has 8 heteroatoms. The smallest absolute Gasteiger partial charge is 0.286 e. The minimum atomic E-state index is -4.41. The van der Waals surface area contributed by atoms with Crippen LogP contribution in [0.15, 0.2) is 23.2 Å². The van der Waals surface area contributed by atoms with E-state index in [1.54, 1.807) is 6.92 Å². The second-order valence-electron chi connectivity index (χ2n) is 6.00. The van der Waals surface area contributed by atoms with Gasteiger partial charge in [-0.25, -0.2) is 0 Å². The number of hydrogen-bond acceptors (Lipinski definition) is 3. The van der Waals surface area contributed by atoms with Gasteiger partial charge in [0.1, 0.15) is 0 Å². The highest BCUT2D eigenvalue weighted by molar-refractivity contribution is 7.85. The van der Waals surface area contributed by atoms with Crippen LogP contribution in [-0.4, -0.2) is 24.4 Å². The number of aliphatic imine (C=N–C) groups is 1. The lowest BCUT2D eigenvalue weighted by Crippen LogP contribution is -2.27. The van der Waals surface area contributed by atoms with Gasteiger partial charge in [0.25, 0.3) is 10.1 Å². The van der Waals surface area contributed by atoms with Gasteiger partial charge in [-0.3, -0.25) is 9.55 Å². The van der Waals surface area contributed by atoms with Crippen molar-refractivity contribution in [1.82, 2.24) is 0 Å². The summed E-state index contributed by atoms with van der Waals surface area (Å²) < 4.78 is 68.5. The zero-order valence-electron chi connectivity index (χ0n) is 12.8. The molecule has 0 spiro atoms. The average Bonchev–Trinajstić information content (AvgIpc) is 2.65. The predicted octanol–water partition coefficient (Wildman–Crippen LogP) is 4.13. The molecule has 0 aliphatic carbocycles. The first kappa shape index (κ1) is 17.9. The molecule has 1 N–H and O–H groups in total. The van der Waals surface area contributed by atoms with Crippen molar-refractivity contribution in [3.8, 4) is 0 Å². The Kier molecular flexibility index (Phi) is 4.60. The van der Waals surface area contributed by atoms with Gasteiger partial charge in [-0.15, -0.1) is 0 Å². The van der Waals surface area contributed by atoms with E-state index in [1.807, 2.05) is 6.92 Å². The van der Waals surface area contributed by atoms with Gasteiger partial charge in [-0.1, -0.05) is 19.4 Å². The minimum Gasteiger partial charge on any atom is -0.286 e. The maximum absolute atomic E-state index is 12.8. The number of alkyl halides is 3. The monoisotopic (exact) mass is 349 g/mol. The van der Waals surface area contributed by atoms with Gasteiger partial charge in [-0.05, 0) is 37.5 Å². The molecule has 0 bridgehead atoms. The molecule has 1 aliphatic rings. The Balaban J connectivity index is 2.18. The quantitative estimate of drug-likeness (QED) is 0.642. The van der Waals surface area contributed by atoms with Crippen molar-refractivity contribution in [1.29, 1.82) is 0 Å². The van der Waals surface area contributed by atoms with Crippen molar-refractivity contribution in [3.63, 3.8) is 0 Å². The maximum Gasteiger partial charge on any atom is 0.416 e. The first-order valence-corrected chi connectivity index (χ1v) is 8.77. The number of halogens is 3. The van der Waals surface area contributed by atoms with E-state index >= 15 is 0 Å². The fourth-order valence-corrected chi connectivity index (χ4v) is 3.41. The summed E-state index contributed by atoms with van der Waals surface area (Å²) in [5, 5.41) is 0. The summed E-state index contributed by atoms with van der Waals surface area (Å²) in [4.78, 5) is 4.26. The lowest BCUT2D eigenvalue weighted by molar-refractivity contribution is -0.137. The van der Waals surface area contributed by atoms with E-state index in [0.717, 1.165) is 17.7 Å². The van der Waals surface area contributed by atoms with Gasteiger partial charge < -0.3 is 0 Å². The zero-order valence-corrected chi connectivity index (χ0v) is 13.6. The van der Waals surface area contributed by atoms with Gasteiger partial charge in [0, 0.05) is 11.1 Å². The summed E-state index contributed by atoms with van der Waals surface area (Å²) >= 11 is 0. The fraction of sp³-hybridized carbons (Fsp3) is 0.533. The molecule has 4 nitrogen and oxygen atoms in total. The summed E-state index contributed by atoms with van der Waals surface area (Å²) in [6.45, 7) is 3.65. The summed E-state index contributed by atoms with van der Waals surface area (Å²) in [7, 11) is -3.99. The molecule has 1 heterocycles. The average molecular weight is 349 g/mol. The normalized spacial score (nSPS) is 21.2. The fourth-order valence-electron chi connectivity index (χ4n) is 2.84. The molecule has 1 aliphatic heterocycles. The highest BCUT2D eigenvalue weighted by atomic mass is 32.2. The van der Waals surface area contributed by atoms with Crippen LogP contribution in [0, 0.1) is 0 Å². The summed E-state index contributed by atoms with van der Waals surface area (Å²) in [5.41, 5.74) is 0.491. The molecule has 23 heavy (non-hydrogen) atoms. The van der Waals surface area contributed by atoms with Crippen LogP contribution in [0.2, 0.25) is 0 Å². The summed E-state index contributed by atoms with van der Waals surface area (Å²) in [5.74, 6) is -0.320. The van der Waals surface area contributed by atoms with Crippen LogP contribution in [0.5, 0.6) is 0 Å².